The number of anilines is 1. The predicted octanol–water partition coefficient (Wildman–Crippen LogP) is 1.63. The van der Waals surface area contributed by atoms with Crippen LogP contribution in [0.15, 0.2) is 36.5 Å². The molecule has 9 nitrogen and oxygen atoms in total. The molecule has 0 radical (unpaired) electrons. The van der Waals surface area contributed by atoms with Gasteiger partial charge in [-0.05, 0) is 42.7 Å². The van der Waals surface area contributed by atoms with E-state index in [-0.39, 0.29) is 36.0 Å². The topological polar surface area (TPSA) is 107 Å². The molecule has 0 N–H and O–H groups in total. The molecule has 0 aliphatic carbocycles. The molecule has 3 aliphatic rings. The summed E-state index contributed by atoms with van der Waals surface area (Å²) in [5.41, 5.74) is 2.03. The lowest BCUT2D eigenvalue weighted by Gasteiger charge is -2.35. The molecule has 2 aromatic rings. The second-order valence-electron chi connectivity index (χ2n) is 8.31. The lowest BCUT2D eigenvalue weighted by Crippen LogP contribution is -2.55. The number of nitrogens with zero attached hydrogens (tertiary/aromatic N) is 5. The van der Waals surface area contributed by atoms with Gasteiger partial charge in [-0.25, -0.2) is 14.7 Å². The molecule has 1 aromatic carbocycles. The number of pyridine rings is 1. The Morgan fingerprint density at radius 3 is 2.84 bits per heavy atom. The summed E-state index contributed by atoms with van der Waals surface area (Å²) in [7, 11) is 1.58. The monoisotopic (exact) mass is 431 g/mol. The van der Waals surface area contributed by atoms with Gasteiger partial charge in [-0.2, -0.15) is 5.26 Å². The Hall–Kier alpha value is -3.93. The molecule has 0 unspecified atom stereocenters. The second kappa shape index (κ2) is 7.34. The van der Waals surface area contributed by atoms with Crippen molar-refractivity contribution < 1.29 is 19.1 Å². The lowest BCUT2D eigenvalue weighted by molar-refractivity contribution is -0.135. The number of piperazine rings is 1. The SMILES string of the molecule is COc1cccc(CC(=O)N2C[C@@H]3C[C@H]2[C@H]2C(=O)N(c4cnc(C#N)c(C)c4)C(=O)N32)c1. The van der Waals surface area contributed by atoms with Gasteiger partial charge in [0, 0.05) is 6.54 Å². The van der Waals surface area contributed by atoms with Crippen LogP contribution in [0.2, 0.25) is 0 Å². The van der Waals surface area contributed by atoms with Crippen molar-refractivity contribution in [2.75, 3.05) is 18.6 Å². The van der Waals surface area contributed by atoms with Crippen molar-refractivity contribution in [2.24, 2.45) is 0 Å². The first-order valence-corrected chi connectivity index (χ1v) is 10.4. The first kappa shape index (κ1) is 20.0. The zero-order chi connectivity index (χ0) is 22.6. The van der Waals surface area contributed by atoms with Crippen LogP contribution in [0, 0.1) is 18.3 Å². The Kier molecular flexibility index (Phi) is 4.59. The van der Waals surface area contributed by atoms with E-state index in [2.05, 4.69) is 4.98 Å². The number of fused-ring (bicyclic) bond motifs is 5. The minimum Gasteiger partial charge on any atom is -0.497 e. The molecule has 9 heteroatoms. The number of methoxy groups -OCH3 is 1. The number of urea groups is 1. The summed E-state index contributed by atoms with van der Waals surface area (Å²) in [6.07, 6.45) is 2.18. The third kappa shape index (κ3) is 2.91. The lowest BCUT2D eigenvalue weighted by atomic mass is 10.1. The van der Waals surface area contributed by atoms with Crippen LogP contribution in [0.4, 0.5) is 10.5 Å². The second-order valence-corrected chi connectivity index (χ2v) is 8.31. The van der Waals surface area contributed by atoms with Crippen molar-refractivity contribution >= 4 is 23.5 Å². The number of rotatable bonds is 4. The number of benzene rings is 1. The van der Waals surface area contributed by atoms with E-state index in [1.54, 1.807) is 29.9 Å². The van der Waals surface area contributed by atoms with Crippen LogP contribution < -0.4 is 9.64 Å². The number of aromatic nitrogens is 1. The number of nitriles is 1. The Morgan fingerprint density at radius 1 is 1.31 bits per heavy atom. The van der Waals surface area contributed by atoms with E-state index in [9.17, 15) is 14.4 Å². The van der Waals surface area contributed by atoms with Crippen molar-refractivity contribution in [3.05, 3.63) is 53.3 Å². The van der Waals surface area contributed by atoms with E-state index in [0.29, 0.717) is 30.0 Å². The van der Waals surface area contributed by atoms with Crippen molar-refractivity contribution in [1.29, 1.82) is 5.26 Å². The maximum atomic E-state index is 13.3. The molecule has 3 saturated heterocycles. The normalized spacial score (nSPS) is 23.5. The van der Waals surface area contributed by atoms with Gasteiger partial charge >= 0.3 is 6.03 Å². The van der Waals surface area contributed by atoms with Gasteiger partial charge in [-0.1, -0.05) is 12.1 Å². The number of aryl methyl sites for hydroxylation is 1. The molecule has 3 aliphatic heterocycles. The third-order valence-corrected chi connectivity index (χ3v) is 6.50. The molecule has 162 valence electrons. The van der Waals surface area contributed by atoms with Crippen LogP contribution in [-0.4, -0.2) is 64.4 Å². The third-order valence-electron chi connectivity index (χ3n) is 6.50. The van der Waals surface area contributed by atoms with Crippen molar-refractivity contribution in [1.82, 2.24) is 14.8 Å². The van der Waals surface area contributed by atoms with E-state index in [4.69, 9.17) is 10.00 Å². The van der Waals surface area contributed by atoms with Gasteiger partial charge in [0.2, 0.25) is 5.91 Å². The zero-order valence-electron chi connectivity index (χ0n) is 17.7. The molecule has 0 saturated carbocycles. The number of ether oxygens (including phenoxy) is 1. The van der Waals surface area contributed by atoms with E-state index in [1.807, 2.05) is 30.3 Å². The highest BCUT2D eigenvalue weighted by atomic mass is 16.5. The average molecular weight is 431 g/mol. The molecule has 4 heterocycles. The maximum absolute atomic E-state index is 13.3. The number of imide groups is 1. The summed E-state index contributed by atoms with van der Waals surface area (Å²) in [4.78, 5) is 48.0. The summed E-state index contributed by atoms with van der Waals surface area (Å²) >= 11 is 0. The number of likely N-dealkylation sites (tertiary alicyclic amines) is 1. The van der Waals surface area contributed by atoms with E-state index < -0.39 is 12.1 Å². The fourth-order valence-electron chi connectivity index (χ4n) is 5.04. The van der Waals surface area contributed by atoms with Crippen molar-refractivity contribution in [3.63, 3.8) is 0 Å². The van der Waals surface area contributed by atoms with Crippen LogP contribution in [0.1, 0.15) is 23.2 Å². The fourth-order valence-corrected chi connectivity index (χ4v) is 5.04. The molecule has 5 rings (SSSR count). The van der Waals surface area contributed by atoms with Gasteiger partial charge in [0.25, 0.3) is 5.91 Å². The van der Waals surface area contributed by atoms with Gasteiger partial charge in [-0.3, -0.25) is 9.59 Å². The van der Waals surface area contributed by atoms with Crippen LogP contribution in [0.5, 0.6) is 5.75 Å². The molecular weight excluding hydrogens is 410 g/mol. The smallest absolute Gasteiger partial charge is 0.332 e. The number of amides is 4. The van der Waals surface area contributed by atoms with Gasteiger partial charge in [0.15, 0.2) is 0 Å². The quantitative estimate of drug-likeness (QED) is 0.681. The van der Waals surface area contributed by atoms with E-state index in [1.165, 1.54) is 6.20 Å². The summed E-state index contributed by atoms with van der Waals surface area (Å²) in [6, 6.07) is 9.35. The standard InChI is InChI=1S/C23H21N5O4/c1-13-6-15(11-25-18(13)10-24)28-22(30)21-19-9-16(27(21)23(28)31)12-26(19)20(29)8-14-4-3-5-17(7-14)32-2/h3-7,11,16,19,21H,8-9,12H2,1-2H3/t16-,19-,21-/m0/s1. The molecule has 3 fully saturated rings. The fraction of sp³-hybridized carbons (Fsp3) is 0.348. The number of hydrogen-bond donors (Lipinski definition) is 0. The van der Waals surface area contributed by atoms with E-state index >= 15 is 0 Å². The van der Waals surface area contributed by atoms with Gasteiger partial charge in [-0.15, -0.1) is 0 Å². The Balaban J connectivity index is 1.37. The molecular formula is C23H21N5O4. The average Bonchev–Trinajstić information content (AvgIpc) is 3.45. The van der Waals surface area contributed by atoms with Crippen LogP contribution in [0.25, 0.3) is 0 Å². The zero-order valence-corrected chi connectivity index (χ0v) is 17.7. The number of carbonyl (C=O) groups excluding carboxylic acids is 3. The number of carbonyl (C=O) groups is 3. The van der Waals surface area contributed by atoms with Crippen LogP contribution in [0.3, 0.4) is 0 Å². The minimum atomic E-state index is -0.688. The van der Waals surface area contributed by atoms with Gasteiger partial charge in [0.1, 0.15) is 23.6 Å². The van der Waals surface area contributed by atoms with Gasteiger partial charge < -0.3 is 14.5 Å². The summed E-state index contributed by atoms with van der Waals surface area (Å²) in [5, 5.41) is 9.09. The molecule has 0 spiro atoms. The number of hydrogen-bond acceptors (Lipinski definition) is 6. The van der Waals surface area contributed by atoms with Gasteiger partial charge in [0.05, 0.1) is 37.5 Å². The van der Waals surface area contributed by atoms with Crippen molar-refractivity contribution in [3.8, 4) is 11.8 Å². The maximum Gasteiger partial charge on any atom is 0.332 e. The molecule has 2 bridgehead atoms. The first-order valence-electron chi connectivity index (χ1n) is 10.4. The Morgan fingerprint density at radius 2 is 2.12 bits per heavy atom. The Labute approximate surface area is 184 Å². The summed E-state index contributed by atoms with van der Waals surface area (Å²) in [6.45, 7) is 2.13. The molecule has 3 atom stereocenters. The molecule has 32 heavy (non-hydrogen) atoms. The largest absolute Gasteiger partial charge is 0.497 e. The predicted molar refractivity (Wildman–Crippen MR) is 113 cm³/mol. The minimum absolute atomic E-state index is 0.0695. The van der Waals surface area contributed by atoms with Crippen LogP contribution >= 0.6 is 0 Å². The van der Waals surface area contributed by atoms with Crippen molar-refractivity contribution in [2.45, 2.75) is 37.9 Å². The first-order chi connectivity index (χ1) is 15.4. The highest BCUT2D eigenvalue weighted by Crippen LogP contribution is 2.42. The highest BCUT2D eigenvalue weighted by molar-refractivity contribution is 6.22. The highest BCUT2D eigenvalue weighted by Gasteiger charge is 2.62. The molecule has 1 aromatic heterocycles. The van der Waals surface area contributed by atoms with Crippen LogP contribution in [-0.2, 0) is 16.0 Å². The Bertz CT molecular complexity index is 1190. The summed E-state index contributed by atoms with van der Waals surface area (Å²) in [5.74, 6) is 0.259. The summed E-state index contributed by atoms with van der Waals surface area (Å²) < 4.78 is 5.23. The molecule has 4 amide bonds. The van der Waals surface area contributed by atoms with E-state index in [0.717, 1.165) is 10.5 Å².